The van der Waals surface area contributed by atoms with Gasteiger partial charge >= 0.3 is 12.1 Å². The van der Waals surface area contributed by atoms with Crippen LogP contribution in [0.5, 0.6) is 0 Å². The first-order valence-corrected chi connectivity index (χ1v) is 12.9. The first kappa shape index (κ1) is 30.2. The lowest BCUT2D eigenvalue weighted by Crippen LogP contribution is -2.30. The van der Waals surface area contributed by atoms with Crippen molar-refractivity contribution < 1.29 is 31.9 Å². The average Bonchev–Trinajstić information content (AvgIpc) is 3.43. The molecule has 1 fully saturated rings. The predicted molar refractivity (Wildman–Crippen MR) is 146 cm³/mol. The molecular weight excluding hydrogens is 644 g/mol. The fourth-order valence-electron chi connectivity index (χ4n) is 3.91. The molecule has 210 valence electrons. The van der Waals surface area contributed by atoms with Gasteiger partial charge in [0.1, 0.15) is 10.2 Å². The molecule has 2 atom stereocenters. The van der Waals surface area contributed by atoms with Gasteiger partial charge in [-0.1, -0.05) is 34.8 Å². The Bertz CT molecular complexity index is 1510. The standard InChI is InChI=1S/C25H14Cl5F4N3O3/c26-11-5-10(6-12(27)7-11)19-20(24(19,29)30)22(39)36-13-1-3-16(28)15(8-13)21(38)35-14-2-4-17(31)18(9-14)37-23(40)25(32,33)34/h1-9,19-20H,(H,35,38)(H,36,39)(H,37,40)/t19-,20+/m0/s1. The largest absolute Gasteiger partial charge is 0.471 e. The molecule has 3 N–H and O–H groups in total. The quantitative estimate of drug-likeness (QED) is 0.185. The summed E-state index contributed by atoms with van der Waals surface area (Å²) in [5.41, 5.74) is -0.386. The van der Waals surface area contributed by atoms with Crippen LogP contribution in [-0.2, 0) is 9.59 Å². The van der Waals surface area contributed by atoms with E-state index in [0.29, 0.717) is 15.6 Å². The lowest BCUT2D eigenvalue weighted by molar-refractivity contribution is -0.167. The van der Waals surface area contributed by atoms with Crippen molar-refractivity contribution in [2.45, 2.75) is 16.4 Å². The van der Waals surface area contributed by atoms with E-state index in [1.54, 1.807) is 12.1 Å². The number of benzene rings is 3. The number of nitrogens with one attached hydrogen (secondary N) is 3. The summed E-state index contributed by atoms with van der Waals surface area (Å²) in [6.45, 7) is 0. The first-order valence-electron chi connectivity index (χ1n) is 11.0. The molecule has 4 rings (SSSR count). The molecule has 1 saturated carbocycles. The summed E-state index contributed by atoms with van der Waals surface area (Å²) in [5, 5.41) is 6.98. The Hall–Kier alpha value is -2.76. The van der Waals surface area contributed by atoms with E-state index >= 15 is 0 Å². The van der Waals surface area contributed by atoms with E-state index < -0.39 is 51.6 Å². The molecule has 0 aromatic heterocycles. The molecule has 3 amide bonds. The maximum atomic E-state index is 13.9. The fourth-order valence-corrected chi connectivity index (χ4v) is 5.48. The minimum absolute atomic E-state index is 0.0369. The molecule has 0 aliphatic heterocycles. The summed E-state index contributed by atoms with van der Waals surface area (Å²) in [4.78, 5) is 37.0. The molecule has 1 aliphatic carbocycles. The van der Waals surface area contributed by atoms with E-state index in [0.717, 1.165) is 18.2 Å². The van der Waals surface area contributed by atoms with E-state index in [-0.39, 0.29) is 22.0 Å². The molecule has 0 saturated heterocycles. The summed E-state index contributed by atoms with van der Waals surface area (Å²) >= 11 is 31.0. The number of carbonyl (C=O) groups excluding carboxylic acids is 3. The smallest absolute Gasteiger partial charge is 0.326 e. The Morgan fingerprint density at radius 2 is 1.40 bits per heavy atom. The Balaban J connectivity index is 1.49. The highest BCUT2D eigenvalue weighted by Gasteiger charge is 2.67. The van der Waals surface area contributed by atoms with Gasteiger partial charge in [0.25, 0.3) is 5.91 Å². The van der Waals surface area contributed by atoms with E-state index in [2.05, 4.69) is 10.6 Å². The summed E-state index contributed by atoms with van der Waals surface area (Å²) < 4.78 is 50.1. The van der Waals surface area contributed by atoms with Gasteiger partial charge in [0.15, 0.2) is 0 Å². The topological polar surface area (TPSA) is 87.3 Å². The Morgan fingerprint density at radius 1 is 0.800 bits per heavy atom. The van der Waals surface area contributed by atoms with Crippen LogP contribution in [0.1, 0.15) is 21.8 Å². The van der Waals surface area contributed by atoms with E-state index in [1.807, 2.05) is 0 Å². The molecule has 3 aromatic rings. The number of alkyl halides is 5. The van der Waals surface area contributed by atoms with Crippen molar-refractivity contribution in [3.8, 4) is 0 Å². The number of hydrogen-bond acceptors (Lipinski definition) is 3. The molecule has 0 heterocycles. The Kier molecular flexibility index (Phi) is 8.50. The van der Waals surface area contributed by atoms with Crippen LogP contribution in [0.4, 0.5) is 34.6 Å². The van der Waals surface area contributed by atoms with Gasteiger partial charge in [-0.05, 0) is 60.2 Å². The molecule has 15 heteroatoms. The second-order valence-corrected chi connectivity index (χ2v) is 11.3. The number of amides is 3. The molecule has 0 spiro atoms. The number of rotatable bonds is 6. The molecule has 40 heavy (non-hydrogen) atoms. The van der Waals surface area contributed by atoms with Crippen molar-refractivity contribution in [3.05, 3.63) is 86.6 Å². The number of anilines is 3. The van der Waals surface area contributed by atoms with Gasteiger partial charge in [0.05, 0.1) is 22.2 Å². The van der Waals surface area contributed by atoms with Gasteiger partial charge < -0.3 is 16.0 Å². The van der Waals surface area contributed by atoms with Crippen LogP contribution in [0.2, 0.25) is 15.1 Å². The van der Waals surface area contributed by atoms with Crippen molar-refractivity contribution in [2.75, 3.05) is 16.0 Å². The molecule has 6 nitrogen and oxygen atoms in total. The summed E-state index contributed by atoms with van der Waals surface area (Å²) in [7, 11) is 0. The molecule has 0 bridgehead atoms. The minimum atomic E-state index is -5.25. The van der Waals surface area contributed by atoms with Gasteiger partial charge in [-0.25, -0.2) is 4.39 Å². The molecular formula is C25H14Cl5F4N3O3. The van der Waals surface area contributed by atoms with Crippen LogP contribution in [0.25, 0.3) is 0 Å². The zero-order valence-corrected chi connectivity index (χ0v) is 23.3. The van der Waals surface area contributed by atoms with Crippen LogP contribution in [-0.4, -0.2) is 28.2 Å². The molecule has 3 aromatic carbocycles. The SMILES string of the molecule is O=C(Nc1ccc(F)c(NC(=O)C(F)(F)F)c1)c1cc(NC(=O)[C@H]2[C@H](c3cc(Cl)cc(Cl)c3)C2(Cl)Cl)ccc1Cl. The summed E-state index contributed by atoms with van der Waals surface area (Å²) in [5.74, 6) is -6.47. The van der Waals surface area contributed by atoms with E-state index in [1.165, 1.54) is 29.6 Å². The maximum absolute atomic E-state index is 13.9. The Morgan fingerprint density at radius 3 is 2.02 bits per heavy atom. The highest BCUT2D eigenvalue weighted by atomic mass is 35.5. The van der Waals surface area contributed by atoms with Crippen LogP contribution >= 0.6 is 58.0 Å². The van der Waals surface area contributed by atoms with Crippen LogP contribution < -0.4 is 16.0 Å². The minimum Gasteiger partial charge on any atom is -0.326 e. The third-order valence-electron chi connectivity index (χ3n) is 5.79. The fraction of sp³-hybridized carbons (Fsp3) is 0.160. The maximum Gasteiger partial charge on any atom is 0.471 e. The second kappa shape index (κ2) is 11.3. The van der Waals surface area contributed by atoms with Crippen molar-refractivity contribution >= 4 is 92.8 Å². The third-order valence-corrected chi connectivity index (χ3v) is 7.49. The Labute approximate surface area is 248 Å². The predicted octanol–water partition coefficient (Wildman–Crippen LogP) is 8.07. The lowest BCUT2D eigenvalue weighted by Gasteiger charge is -2.12. The van der Waals surface area contributed by atoms with E-state index in [9.17, 15) is 31.9 Å². The normalized spacial score (nSPS) is 17.6. The number of hydrogen-bond donors (Lipinski definition) is 3. The zero-order valence-electron chi connectivity index (χ0n) is 19.5. The van der Waals surface area contributed by atoms with Crippen LogP contribution in [0, 0.1) is 11.7 Å². The molecule has 0 unspecified atom stereocenters. The van der Waals surface area contributed by atoms with Gasteiger partial charge in [0, 0.05) is 27.3 Å². The van der Waals surface area contributed by atoms with Gasteiger partial charge in [-0.2, -0.15) is 13.2 Å². The highest BCUT2D eigenvalue weighted by molar-refractivity contribution is 6.53. The lowest BCUT2D eigenvalue weighted by atomic mass is 10.1. The summed E-state index contributed by atoms with van der Waals surface area (Å²) in [6.07, 6.45) is -5.25. The van der Waals surface area contributed by atoms with Gasteiger partial charge in [-0.3, -0.25) is 14.4 Å². The van der Waals surface area contributed by atoms with Crippen molar-refractivity contribution in [3.63, 3.8) is 0 Å². The third kappa shape index (κ3) is 6.58. The average molecular weight is 658 g/mol. The zero-order chi connectivity index (χ0) is 29.6. The monoisotopic (exact) mass is 655 g/mol. The molecule has 1 aliphatic rings. The van der Waals surface area contributed by atoms with Gasteiger partial charge in [-0.15, -0.1) is 23.2 Å². The second-order valence-electron chi connectivity index (χ2n) is 8.62. The van der Waals surface area contributed by atoms with Crippen molar-refractivity contribution in [1.29, 1.82) is 0 Å². The number of carbonyl (C=O) groups is 3. The number of halogens is 9. The van der Waals surface area contributed by atoms with Gasteiger partial charge in [0.2, 0.25) is 5.91 Å². The highest BCUT2D eigenvalue weighted by Crippen LogP contribution is 2.65. The van der Waals surface area contributed by atoms with Crippen LogP contribution in [0.15, 0.2) is 54.6 Å². The first-order chi connectivity index (χ1) is 18.6. The van der Waals surface area contributed by atoms with Crippen LogP contribution in [0.3, 0.4) is 0 Å². The van der Waals surface area contributed by atoms with E-state index in [4.69, 9.17) is 58.0 Å². The molecule has 0 radical (unpaired) electrons. The summed E-state index contributed by atoms with van der Waals surface area (Å²) in [6, 6.07) is 11.3. The van der Waals surface area contributed by atoms with Crippen molar-refractivity contribution in [1.82, 2.24) is 0 Å². The van der Waals surface area contributed by atoms with Crippen molar-refractivity contribution in [2.24, 2.45) is 5.92 Å².